The summed E-state index contributed by atoms with van der Waals surface area (Å²) in [5.41, 5.74) is 6.93. The minimum Gasteiger partial charge on any atom is -0.508 e. The highest BCUT2D eigenvalue weighted by molar-refractivity contribution is 5.74. The maximum atomic E-state index is 10.9. The Balaban J connectivity index is 2.03. The Morgan fingerprint density at radius 2 is 1.95 bits per heavy atom. The number of ether oxygens (including phenoxy) is 1. The first-order valence-electron chi connectivity index (χ1n) is 6.84. The summed E-state index contributed by atoms with van der Waals surface area (Å²) in [6.45, 7) is 2.29. The van der Waals surface area contributed by atoms with E-state index >= 15 is 0 Å². The summed E-state index contributed by atoms with van der Waals surface area (Å²) in [6, 6.07) is 14.9. The van der Waals surface area contributed by atoms with Crippen LogP contribution in [-0.4, -0.2) is 11.0 Å². The van der Waals surface area contributed by atoms with Crippen molar-refractivity contribution in [1.82, 2.24) is 0 Å². The normalized spacial score (nSPS) is 11.9. The van der Waals surface area contributed by atoms with Crippen molar-refractivity contribution in [3.8, 4) is 11.5 Å². The molecule has 3 N–H and O–H groups in total. The third-order valence-corrected chi connectivity index (χ3v) is 3.29. The number of phenolic OH excluding ortho intramolecular Hbond substituents is 1. The van der Waals surface area contributed by atoms with Crippen LogP contribution in [0.2, 0.25) is 0 Å². The van der Waals surface area contributed by atoms with E-state index in [1.165, 1.54) is 0 Å². The summed E-state index contributed by atoms with van der Waals surface area (Å²) in [6.07, 6.45) is 0.206. The van der Waals surface area contributed by atoms with Gasteiger partial charge in [-0.15, -0.1) is 0 Å². The Morgan fingerprint density at radius 3 is 2.57 bits per heavy atom. The van der Waals surface area contributed by atoms with Gasteiger partial charge in [0.05, 0.1) is 0 Å². The number of phenols is 1. The lowest BCUT2D eigenvalue weighted by Gasteiger charge is -2.13. The molecule has 110 valence electrons. The molecule has 0 spiro atoms. The molecule has 0 aliphatic carbocycles. The first-order chi connectivity index (χ1) is 10.1. The molecule has 2 rings (SSSR count). The van der Waals surface area contributed by atoms with Crippen LogP contribution in [0.3, 0.4) is 0 Å². The Morgan fingerprint density at radius 1 is 1.24 bits per heavy atom. The van der Waals surface area contributed by atoms with Crippen LogP contribution in [0.15, 0.2) is 48.5 Å². The maximum Gasteiger partial charge on any atom is 0.218 e. The summed E-state index contributed by atoms with van der Waals surface area (Å²) < 4.78 is 5.64. The summed E-state index contributed by atoms with van der Waals surface area (Å²) in [7, 11) is 0. The van der Waals surface area contributed by atoms with E-state index in [0.29, 0.717) is 17.9 Å². The topological polar surface area (TPSA) is 72.6 Å². The number of hydrogen-bond acceptors (Lipinski definition) is 3. The second kappa shape index (κ2) is 6.79. The zero-order valence-corrected chi connectivity index (χ0v) is 12.0. The van der Waals surface area contributed by atoms with Crippen molar-refractivity contribution in [2.24, 2.45) is 5.73 Å². The van der Waals surface area contributed by atoms with Crippen molar-refractivity contribution in [1.29, 1.82) is 0 Å². The average Bonchev–Trinajstić information content (AvgIpc) is 2.45. The number of carbonyl (C=O) groups is 1. The third kappa shape index (κ3) is 4.24. The van der Waals surface area contributed by atoms with E-state index in [4.69, 9.17) is 10.5 Å². The van der Waals surface area contributed by atoms with Gasteiger partial charge in [-0.2, -0.15) is 0 Å². The molecule has 1 amide bonds. The van der Waals surface area contributed by atoms with Crippen LogP contribution in [0, 0.1) is 0 Å². The molecular formula is C17H19NO3. The Bertz CT molecular complexity index is 611. The van der Waals surface area contributed by atoms with Crippen molar-refractivity contribution in [3.63, 3.8) is 0 Å². The molecule has 0 aliphatic rings. The Labute approximate surface area is 124 Å². The van der Waals surface area contributed by atoms with Crippen LogP contribution in [-0.2, 0) is 11.4 Å². The molecule has 0 aromatic heterocycles. The van der Waals surface area contributed by atoms with Crippen molar-refractivity contribution in [3.05, 3.63) is 59.7 Å². The van der Waals surface area contributed by atoms with E-state index in [1.807, 2.05) is 37.3 Å². The van der Waals surface area contributed by atoms with Crippen LogP contribution < -0.4 is 10.5 Å². The molecule has 4 nitrogen and oxygen atoms in total. The summed E-state index contributed by atoms with van der Waals surface area (Å²) >= 11 is 0. The highest BCUT2D eigenvalue weighted by Gasteiger charge is 2.13. The molecule has 1 atom stereocenters. The number of carbonyl (C=O) groups excluding carboxylic acids is 1. The Hall–Kier alpha value is -2.49. The molecule has 0 radical (unpaired) electrons. The minimum absolute atomic E-state index is 0.120. The lowest BCUT2D eigenvalue weighted by molar-refractivity contribution is -0.118. The average molecular weight is 285 g/mol. The first-order valence-corrected chi connectivity index (χ1v) is 6.84. The highest BCUT2D eigenvalue weighted by Crippen LogP contribution is 2.31. The largest absolute Gasteiger partial charge is 0.508 e. The van der Waals surface area contributed by atoms with Gasteiger partial charge in [-0.3, -0.25) is 4.79 Å². The second-order valence-electron chi connectivity index (χ2n) is 5.07. The van der Waals surface area contributed by atoms with Gasteiger partial charge in [0.25, 0.3) is 0 Å². The molecule has 2 aromatic rings. The highest BCUT2D eigenvalue weighted by atomic mass is 16.5. The van der Waals surface area contributed by atoms with Crippen LogP contribution >= 0.6 is 0 Å². The van der Waals surface area contributed by atoms with Gasteiger partial charge < -0.3 is 15.6 Å². The van der Waals surface area contributed by atoms with Gasteiger partial charge in [-0.25, -0.2) is 0 Å². The van der Waals surface area contributed by atoms with E-state index in [9.17, 15) is 9.90 Å². The van der Waals surface area contributed by atoms with Crippen LogP contribution in [0.5, 0.6) is 11.5 Å². The second-order valence-corrected chi connectivity index (χ2v) is 5.07. The predicted octanol–water partition coefficient (Wildman–Crippen LogP) is 2.95. The first kappa shape index (κ1) is 14.9. The third-order valence-electron chi connectivity index (χ3n) is 3.29. The fourth-order valence-corrected chi connectivity index (χ4v) is 2.18. The van der Waals surface area contributed by atoms with Crippen LogP contribution in [0.1, 0.15) is 30.4 Å². The van der Waals surface area contributed by atoms with Gasteiger partial charge in [-0.1, -0.05) is 43.3 Å². The molecule has 0 saturated carbocycles. The van der Waals surface area contributed by atoms with Crippen molar-refractivity contribution in [2.45, 2.75) is 25.9 Å². The molecule has 0 aliphatic heterocycles. The number of benzene rings is 2. The van der Waals surface area contributed by atoms with E-state index < -0.39 is 0 Å². The van der Waals surface area contributed by atoms with Gasteiger partial charge >= 0.3 is 0 Å². The van der Waals surface area contributed by atoms with Gasteiger partial charge in [0.1, 0.15) is 18.1 Å². The molecule has 1 unspecified atom stereocenters. The van der Waals surface area contributed by atoms with E-state index in [0.717, 1.165) is 5.56 Å². The fraction of sp³-hybridized carbons (Fsp3) is 0.235. The summed E-state index contributed by atoms with van der Waals surface area (Å²) in [5, 5.41) is 10.0. The summed E-state index contributed by atoms with van der Waals surface area (Å²) in [5.74, 6) is 0.206. The van der Waals surface area contributed by atoms with Crippen molar-refractivity contribution >= 4 is 5.91 Å². The van der Waals surface area contributed by atoms with Crippen LogP contribution in [0.25, 0.3) is 0 Å². The zero-order valence-electron chi connectivity index (χ0n) is 12.0. The SMILES string of the molecule is CC(CC(N)=O)c1ccc(OCc2ccccc2)cc1O. The van der Waals surface area contributed by atoms with Gasteiger partial charge in [-0.05, 0) is 23.1 Å². The zero-order chi connectivity index (χ0) is 15.2. The van der Waals surface area contributed by atoms with Gasteiger partial charge in [0.2, 0.25) is 5.91 Å². The van der Waals surface area contributed by atoms with Crippen molar-refractivity contribution < 1.29 is 14.6 Å². The van der Waals surface area contributed by atoms with Gasteiger partial charge in [0, 0.05) is 12.5 Å². The quantitative estimate of drug-likeness (QED) is 0.857. The molecule has 2 aromatic carbocycles. The molecule has 21 heavy (non-hydrogen) atoms. The lowest BCUT2D eigenvalue weighted by Crippen LogP contribution is -2.13. The van der Waals surface area contributed by atoms with Crippen molar-refractivity contribution in [2.75, 3.05) is 0 Å². The smallest absolute Gasteiger partial charge is 0.218 e. The molecule has 0 bridgehead atoms. The number of rotatable bonds is 6. The molecule has 0 heterocycles. The number of hydrogen-bond donors (Lipinski definition) is 2. The Kier molecular flexibility index (Phi) is 4.82. The number of amides is 1. The number of nitrogens with two attached hydrogens (primary N) is 1. The number of primary amides is 1. The van der Waals surface area contributed by atoms with Gasteiger partial charge in [0.15, 0.2) is 0 Å². The minimum atomic E-state index is -0.383. The molecule has 0 saturated heterocycles. The van der Waals surface area contributed by atoms with E-state index in [2.05, 4.69) is 0 Å². The lowest BCUT2D eigenvalue weighted by atomic mass is 9.96. The molecule has 0 fully saturated rings. The standard InChI is InChI=1S/C17H19NO3/c1-12(9-17(18)20)15-8-7-14(10-16(15)19)21-11-13-5-3-2-4-6-13/h2-8,10,12,19H,9,11H2,1H3,(H2,18,20). The predicted molar refractivity (Wildman–Crippen MR) is 81.1 cm³/mol. The van der Waals surface area contributed by atoms with E-state index in [1.54, 1.807) is 18.2 Å². The molecular weight excluding hydrogens is 266 g/mol. The van der Waals surface area contributed by atoms with Crippen LogP contribution in [0.4, 0.5) is 0 Å². The maximum absolute atomic E-state index is 10.9. The monoisotopic (exact) mass is 285 g/mol. The number of aromatic hydroxyl groups is 1. The van der Waals surface area contributed by atoms with E-state index in [-0.39, 0.29) is 24.0 Å². The molecule has 4 heteroatoms. The summed E-state index contributed by atoms with van der Waals surface area (Å²) in [4.78, 5) is 10.9. The fourth-order valence-electron chi connectivity index (χ4n) is 2.18.